The molecule has 1 saturated heterocycles. The Balaban J connectivity index is 1.76. The first-order chi connectivity index (χ1) is 13.3. The lowest BCUT2D eigenvalue weighted by Gasteiger charge is -2.23. The van der Waals surface area contributed by atoms with E-state index in [0.29, 0.717) is 15.7 Å². The minimum Gasteiger partial charge on any atom is -0.324 e. The molecule has 0 aliphatic carbocycles. The van der Waals surface area contributed by atoms with E-state index in [4.69, 9.17) is 16.9 Å². The molecule has 1 aliphatic heterocycles. The first-order valence-electron chi connectivity index (χ1n) is 8.15. The number of urea groups is 1. The van der Waals surface area contributed by atoms with Crippen molar-refractivity contribution in [1.82, 2.24) is 10.2 Å². The van der Waals surface area contributed by atoms with E-state index >= 15 is 0 Å². The molecule has 7 nitrogen and oxygen atoms in total. The van der Waals surface area contributed by atoms with E-state index in [1.165, 1.54) is 18.2 Å². The molecule has 0 radical (unpaired) electrons. The number of hydrogen-bond donors (Lipinski definition) is 2. The molecule has 2 N–H and O–H groups in total. The molecule has 0 saturated carbocycles. The van der Waals surface area contributed by atoms with Crippen LogP contribution < -0.4 is 10.6 Å². The predicted octanol–water partition coefficient (Wildman–Crippen LogP) is 3.38. The molecule has 1 heterocycles. The number of carbonyl (C=O) groups excluding carboxylic acids is 3. The summed E-state index contributed by atoms with van der Waals surface area (Å²) in [5.74, 6) is -1.10. The van der Waals surface area contributed by atoms with Gasteiger partial charge in [-0.1, -0.05) is 45.7 Å². The van der Waals surface area contributed by atoms with Crippen molar-refractivity contribution < 1.29 is 14.4 Å². The Bertz CT molecular complexity index is 1040. The minimum atomic E-state index is -1.28. The number of imide groups is 1. The monoisotopic (exact) mass is 460 g/mol. The number of nitrogens with zero attached hydrogens (tertiary/aromatic N) is 2. The summed E-state index contributed by atoms with van der Waals surface area (Å²) >= 11 is 9.33. The second-order valence-electron chi connectivity index (χ2n) is 6.28. The highest BCUT2D eigenvalue weighted by molar-refractivity contribution is 9.10. The molecule has 1 unspecified atom stereocenters. The van der Waals surface area contributed by atoms with Gasteiger partial charge in [0.25, 0.3) is 5.91 Å². The maximum absolute atomic E-state index is 12.9. The van der Waals surface area contributed by atoms with Crippen molar-refractivity contribution in [2.24, 2.45) is 0 Å². The van der Waals surface area contributed by atoms with E-state index in [1.54, 1.807) is 31.2 Å². The molecule has 3 rings (SSSR count). The molecule has 28 heavy (non-hydrogen) atoms. The third-order valence-electron chi connectivity index (χ3n) is 4.36. The number of halogens is 2. The summed E-state index contributed by atoms with van der Waals surface area (Å²) in [5, 5.41) is 14.3. The van der Waals surface area contributed by atoms with Crippen LogP contribution in [0, 0.1) is 11.3 Å². The molecule has 1 atom stereocenters. The third kappa shape index (κ3) is 3.59. The molecule has 2 aromatic carbocycles. The van der Waals surface area contributed by atoms with Crippen molar-refractivity contribution in [2.45, 2.75) is 12.5 Å². The van der Waals surface area contributed by atoms with Gasteiger partial charge in [-0.15, -0.1) is 0 Å². The van der Waals surface area contributed by atoms with Crippen LogP contribution >= 0.6 is 27.5 Å². The van der Waals surface area contributed by atoms with Gasteiger partial charge in [0.15, 0.2) is 0 Å². The minimum absolute atomic E-state index is 0.191. The second kappa shape index (κ2) is 7.62. The topological polar surface area (TPSA) is 102 Å². The van der Waals surface area contributed by atoms with Gasteiger partial charge in [-0.05, 0) is 31.2 Å². The number of nitrogens with one attached hydrogen (secondary N) is 2. The molecule has 0 spiro atoms. The number of anilines is 1. The van der Waals surface area contributed by atoms with Crippen molar-refractivity contribution >= 4 is 51.1 Å². The fourth-order valence-corrected chi connectivity index (χ4v) is 3.82. The highest BCUT2D eigenvalue weighted by Gasteiger charge is 2.50. The number of hydrogen-bond acceptors (Lipinski definition) is 4. The molecule has 2 aromatic rings. The molecule has 142 valence electrons. The molecular formula is C19H14BrClN4O3. The van der Waals surface area contributed by atoms with Crippen LogP contribution in [0.3, 0.4) is 0 Å². The van der Waals surface area contributed by atoms with Gasteiger partial charge in [0, 0.05) is 15.7 Å². The molecule has 4 amide bonds. The van der Waals surface area contributed by atoms with E-state index < -0.39 is 29.9 Å². The highest BCUT2D eigenvalue weighted by atomic mass is 79.9. The fraction of sp³-hybridized carbons (Fsp3) is 0.158. The number of amides is 4. The van der Waals surface area contributed by atoms with Crippen molar-refractivity contribution in [3.63, 3.8) is 0 Å². The SMILES string of the molecule is CC1(c2ccccc2Br)NC(=O)N(CC(=O)Nc2ccc(C#N)c(Cl)c2)C1=O. The zero-order valence-corrected chi connectivity index (χ0v) is 17.0. The largest absolute Gasteiger partial charge is 0.325 e. The van der Waals surface area contributed by atoms with Gasteiger partial charge in [0.1, 0.15) is 18.2 Å². The Kier molecular flexibility index (Phi) is 5.40. The van der Waals surface area contributed by atoms with E-state index in [2.05, 4.69) is 26.6 Å². The zero-order valence-electron chi connectivity index (χ0n) is 14.6. The Morgan fingerprint density at radius 3 is 2.68 bits per heavy atom. The smallest absolute Gasteiger partial charge is 0.324 e. The standard InChI is InChI=1S/C19H14BrClN4O3/c1-19(13-4-2-3-5-14(13)20)17(27)25(18(28)24-19)10-16(26)23-12-7-6-11(9-22)15(21)8-12/h2-8H,10H2,1H3,(H,23,26)(H,24,28). The number of rotatable bonds is 4. The summed E-state index contributed by atoms with van der Waals surface area (Å²) in [7, 11) is 0. The maximum atomic E-state index is 12.9. The number of benzene rings is 2. The van der Waals surface area contributed by atoms with Crippen molar-refractivity contribution in [3.05, 3.63) is 63.1 Å². The summed E-state index contributed by atoms with van der Waals surface area (Å²) in [5.41, 5.74) is -0.0578. The molecule has 9 heteroatoms. The summed E-state index contributed by atoms with van der Waals surface area (Å²) in [6.45, 7) is 1.13. The van der Waals surface area contributed by atoms with E-state index in [9.17, 15) is 14.4 Å². The van der Waals surface area contributed by atoms with Gasteiger partial charge < -0.3 is 10.6 Å². The number of nitriles is 1. The van der Waals surface area contributed by atoms with Gasteiger partial charge >= 0.3 is 6.03 Å². The van der Waals surface area contributed by atoms with E-state index in [0.717, 1.165) is 4.90 Å². The Labute approximate surface area is 174 Å². The Hall–Kier alpha value is -2.89. The Morgan fingerprint density at radius 1 is 1.32 bits per heavy atom. The lowest BCUT2D eigenvalue weighted by molar-refractivity contribution is -0.133. The van der Waals surface area contributed by atoms with Gasteiger partial charge in [0.05, 0.1) is 10.6 Å². The average molecular weight is 462 g/mol. The van der Waals surface area contributed by atoms with Gasteiger partial charge in [-0.2, -0.15) is 5.26 Å². The second-order valence-corrected chi connectivity index (χ2v) is 7.54. The maximum Gasteiger partial charge on any atom is 0.325 e. The van der Waals surface area contributed by atoms with E-state index in [1.807, 2.05) is 6.07 Å². The van der Waals surface area contributed by atoms with Gasteiger partial charge in [0.2, 0.25) is 5.91 Å². The molecule has 0 bridgehead atoms. The quantitative estimate of drug-likeness (QED) is 0.681. The van der Waals surface area contributed by atoms with Crippen LogP contribution in [-0.2, 0) is 15.1 Å². The average Bonchev–Trinajstić information content (AvgIpc) is 2.86. The normalized spacial score (nSPS) is 18.6. The Morgan fingerprint density at radius 2 is 2.04 bits per heavy atom. The zero-order chi connectivity index (χ0) is 20.5. The van der Waals surface area contributed by atoms with Crippen LogP contribution in [0.15, 0.2) is 46.9 Å². The van der Waals surface area contributed by atoms with Crippen molar-refractivity contribution in [2.75, 3.05) is 11.9 Å². The van der Waals surface area contributed by atoms with Crippen LogP contribution in [0.2, 0.25) is 5.02 Å². The van der Waals surface area contributed by atoms with Crippen LogP contribution in [0.5, 0.6) is 0 Å². The first-order valence-corrected chi connectivity index (χ1v) is 9.32. The van der Waals surface area contributed by atoms with Gasteiger partial charge in [-0.25, -0.2) is 4.79 Å². The van der Waals surface area contributed by atoms with Crippen LogP contribution in [0.1, 0.15) is 18.1 Å². The third-order valence-corrected chi connectivity index (χ3v) is 5.37. The summed E-state index contributed by atoms with van der Waals surface area (Å²) in [6, 6.07) is 12.7. The summed E-state index contributed by atoms with van der Waals surface area (Å²) < 4.78 is 0.671. The van der Waals surface area contributed by atoms with Crippen LogP contribution in [0.25, 0.3) is 0 Å². The van der Waals surface area contributed by atoms with Crippen molar-refractivity contribution in [3.8, 4) is 6.07 Å². The lowest BCUT2D eigenvalue weighted by atomic mass is 9.92. The fourth-order valence-electron chi connectivity index (χ4n) is 2.92. The first kappa shape index (κ1) is 19.9. The van der Waals surface area contributed by atoms with Crippen LogP contribution in [-0.4, -0.2) is 29.3 Å². The molecular weight excluding hydrogens is 448 g/mol. The van der Waals surface area contributed by atoms with Gasteiger partial charge in [-0.3, -0.25) is 14.5 Å². The lowest BCUT2D eigenvalue weighted by Crippen LogP contribution is -2.42. The molecule has 1 fully saturated rings. The van der Waals surface area contributed by atoms with Crippen molar-refractivity contribution in [1.29, 1.82) is 5.26 Å². The summed E-state index contributed by atoms with van der Waals surface area (Å²) in [6.07, 6.45) is 0. The summed E-state index contributed by atoms with van der Waals surface area (Å²) in [4.78, 5) is 38.5. The van der Waals surface area contributed by atoms with Crippen LogP contribution in [0.4, 0.5) is 10.5 Å². The highest BCUT2D eigenvalue weighted by Crippen LogP contribution is 2.33. The molecule has 1 aliphatic rings. The predicted molar refractivity (Wildman–Crippen MR) is 107 cm³/mol. The number of carbonyl (C=O) groups is 3. The molecule has 0 aromatic heterocycles. The van der Waals surface area contributed by atoms with E-state index in [-0.39, 0.29) is 10.6 Å².